The maximum atomic E-state index is 12.0. The summed E-state index contributed by atoms with van der Waals surface area (Å²) >= 11 is 0. The number of hydrogen-bond donors (Lipinski definition) is 1. The fourth-order valence-electron chi connectivity index (χ4n) is 1.43. The minimum atomic E-state index is 0.0275. The van der Waals surface area contributed by atoms with Crippen LogP contribution in [0.2, 0.25) is 0 Å². The van der Waals surface area contributed by atoms with Crippen LogP contribution in [0.15, 0.2) is 6.20 Å². The van der Waals surface area contributed by atoms with Crippen molar-refractivity contribution in [2.45, 2.75) is 39.9 Å². The molecule has 1 atom stereocenters. The molecule has 0 saturated carbocycles. The highest BCUT2D eigenvalue weighted by molar-refractivity contribution is 5.75. The predicted octanol–water partition coefficient (Wildman–Crippen LogP) is 0.240. The Morgan fingerprint density at radius 3 is 2.65 bits per heavy atom. The molecule has 1 unspecified atom stereocenters. The van der Waals surface area contributed by atoms with E-state index in [1.807, 2.05) is 14.0 Å². The molecular weight excluding hydrogens is 218 g/mol. The summed E-state index contributed by atoms with van der Waals surface area (Å²) in [6.07, 6.45) is 1.70. The van der Waals surface area contributed by atoms with Crippen molar-refractivity contribution in [1.29, 1.82) is 0 Å². The molecule has 6 heteroatoms. The van der Waals surface area contributed by atoms with Gasteiger partial charge in [-0.15, -0.1) is 5.10 Å². The van der Waals surface area contributed by atoms with Crippen molar-refractivity contribution >= 4 is 5.91 Å². The molecule has 0 radical (unpaired) electrons. The molecule has 0 bridgehead atoms. The molecule has 96 valence electrons. The van der Waals surface area contributed by atoms with E-state index in [9.17, 15) is 4.79 Å². The maximum Gasteiger partial charge on any atom is 0.244 e. The molecule has 1 rings (SSSR count). The molecular formula is C11H21N5O. The molecule has 0 aromatic carbocycles. The van der Waals surface area contributed by atoms with Crippen molar-refractivity contribution in [2.24, 2.45) is 11.7 Å². The van der Waals surface area contributed by atoms with Gasteiger partial charge in [-0.1, -0.05) is 19.1 Å². The van der Waals surface area contributed by atoms with Gasteiger partial charge >= 0.3 is 0 Å². The smallest absolute Gasteiger partial charge is 0.244 e. The summed E-state index contributed by atoms with van der Waals surface area (Å²) in [4.78, 5) is 13.7. The number of rotatable bonds is 5. The number of carbonyl (C=O) groups is 1. The summed E-state index contributed by atoms with van der Waals surface area (Å²) in [5, 5.41) is 7.70. The molecule has 17 heavy (non-hydrogen) atoms. The van der Waals surface area contributed by atoms with Crippen LogP contribution in [0.25, 0.3) is 0 Å². The minimum Gasteiger partial charge on any atom is -0.341 e. The Kier molecular flexibility index (Phi) is 4.62. The number of hydrogen-bond acceptors (Lipinski definition) is 4. The summed E-state index contributed by atoms with van der Waals surface area (Å²) in [5.74, 6) is 0.457. The fourth-order valence-corrected chi connectivity index (χ4v) is 1.43. The Balaban J connectivity index is 2.59. The molecule has 0 saturated heterocycles. The van der Waals surface area contributed by atoms with E-state index in [1.165, 1.54) is 4.68 Å². The van der Waals surface area contributed by atoms with Crippen LogP contribution in [0.3, 0.4) is 0 Å². The molecule has 1 aromatic rings. The zero-order valence-corrected chi connectivity index (χ0v) is 10.9. The van der Waals surface area contributed by atoms with Gasteiger partial charge in [-0.2, -0.15) is 0 Å². The lowest BCUT2D eigenvalue weighted by Gasteiger charge is -2.27. The van der Waals surface area contributed by atoms with Crippen LogP contribution < -0.4 is 5.73 Å². The highest BCUT2D eigenvalue weighted by Gasteiger charge is 2.19. The average Bonchev–Trinajstić information content (AvgIpc) is 2.74. The predicted molar refractivity (Wildman–Crippen MR) is 65.0 cm³/mol. The van der Waals surface area contributed by atoms with Gasteiger partial charge in [-0.25, -0.2) is 4.68 Å². The van der Waals surface area contributed by atoms with Crippen LogP contribution >= 0.6 is 0 Å². The quantitative estimate of drug-likeness (QED) is 0.798. The summed E-state index contributed by atoms with van der Waals surface area (Å²) in [5.41, 5.74) is 6.12. The van der Waals surface area contributed by atoms with Crippen molar-refractivity contribution in [2.75, 3.05) is 7.05 Å². The molecule has 0 spiro atoms. The van der Waals surface area contributed by atoms with Crippen LogP contribution in [0.1, 0.15) is 26.5 Å². The van der Waals surface area contributed by atoms with E-state index >= 15 is 0 Å². The third kappa shape index (κ3) is 3.52. The molecule has 6 nitrogen and oxygen atoms in total. The number of amides is 1. The molecule has 2 N–H and O–H groups in total. The van der Waals surface area contributed by atoms with Gasteiger partial charge in [0.1, 0.15) is 6.54 Å². The zero-order valence-electron chi connectivity index (χ0n) is 10.9. The van der Waals surface area contributed by atoms with Crippen LogP contribution in [0, 0.1) is 5.92 Å². The minimum absolute atomic E-state index is 0.0275. The van der Waals surface area contributed by atoms with E-state index in [2.05, 4.69) is 24.2 Å². The van der Waals surface area contributed by atoms with Gasteiger partial charge in [-0.3, -0.25) is 4.79 Å². The van der Waals surface area contributed by atoms with Gasteiger partial charge in [-0.05, 0) is 12.8 Å². The lowest BCUT2D eigenvalue weighted by Crippen LogP contribution is -2.40. The Hall–Kier alpha value is -1.43. The largest absolute Gasteiger partial charge is 0.341 e. The Morgan fingerprint density at radius 1 is 1.53 bits per heavy atom. The number of nitrogens with zero attached hydrogens (tertiary/aromatic N) is 4. The fraction of sp³-hybridized carbons (Fsp3) is 0.727. The first-order valence-corrected chi connectivity index (χ1v) is 5.80. The standard InChI is InChI=1S/C11H21N5O/c1-8(2)9(3)15(4)11(17)7-16-6-10(5-12)13-14-16/h6,8-9H,5,7,12H2,1-4H3. The number of carbonyl (C=O) groups excluding carboxylic acids is 1. The lowest BCUT2D eigenvalue weighted by atomic mass is 10.1. The highest BCUT2D eigenvalue weighted by atomic mass is 16.2. The Labute approximate surface area is 102 Å². The molecule has 0 aliphatic carbocycles. The van der Waals surface area contributed by atoms with Crippen LogP contribution in [0.4, 0.5) is 0 Å². The van der Waals surface area contributed by atoms with Crippen molar-refractivity contribution in [3.63, 3.8) is 0 Å². The van der Waals surface area contributed by atoms with Crippen LogP contribution in [-0.2, 0) is 17.9 Å². The monoisotopic (exact) mass is 239 g/mol. The maximum absolute atomic E-state index is 12.0. The molecule has 0 aliphatic heterocycles. The van der Waals surface area contributed by atoms with Crippen molar-refractivity contribution in [1.82, 2.24) is 19.9 Å². The van der Waals surface area contributed by atoms with Crippen LogP contribution in [-0.4, -0.2) is 38.9 Å². The third-order valence-electron chi connectivity index (χ3n) is 3.06. The second-order valence-corrected chi connectivity index (χ2v) is 4.60. The van der Waals surface area contributed by atoms with Gasteiger partial charge in [0.25, 0.3) is 0 Å². The number of aromatic nitrogens is 3. The third-order valence-corrected chi connectivity index (χ3v) is 3.06. The number of nitrogens with two attached hydrogens (primary N) is 1. The van der Waals surface area contributed by atoms with E-state index in [1.54, 1.807) is 11.1 Å². The van der Waals surface area contributed by atoms with Gasteiger partial charge in [0.15, 0.2) is 0 Å². The topological polar surface area (TPSA) is 77.0 Å². The molecule has 0 fully saturated rings. The number of likely N-dealkylation sites (N-methyl/N-ethyl adjacent to an activating group) is 1. The first-order valence-electron chi connectivity index (χ1n) is 5.80. The van der Waals surface area contributed by atoms with E-state index in [0.717, 1.165) is 0 Å². The Bertz CT molecular complexity index is 374. The summed E-state index contributed by atoms with van der Waals surface area (Å²) in [7, 11) is 1.81. The van der Waals surface area contributed by atoms with E-state index in [4.69, 9.17) is 5.73 Å². The van der Waals surface area contributed by atoms with Gasteiger partial charge in [0.2, 0.25) is 5.91 Å². The summed E-state index contributed by atoms with van der Waals surface area (Å²) in [6, 6.07) is 0.208. The van der Waals surface area contributed by atoms with E-state index in [-0.39, 0.29) is 18.5 Å². The molecule has 1 heterocycles. The van der Waals surface area contributed by atoms with Gasteiger partial charge in [0, 0.05) is 19.6 Å². The first kappa shape index (κ1) is 13.6. The van der Waals surface area contributed by atoms with Crippen molar-refractivity contribution in [3.8, 4) is 0 Å². The SMILES string of the molecule is CC(C)C(C)N(C)C(=O)Cn1cc(CN)nn1. The zero-order chi connectivity index (χ0) is 13.0. The van der Waals surface area contributed by atoms with Crippen LogP contribution in [0.5, 0.6) is 0 Å². The lowest BCUT2D eigenvalue weighted by molar-refractivity contribution is -0.133. The molecule has 0 aliphatic rings. The summed E-state index contributed by atoms with van der Waals surface area (Å²) < 4.78 is 1.52. The van der Waals surface area contributed by atoms with E-state index in [0.29, 0.717) is 18.2 Å². The van der Waals surface area contributed by atoms with E-state index < -0.39 is 0 Å². The first-order chi connectivity index (χ1) is 7.95. The second-order valence-electron chi connectivity index (χ2n) is 4.60. The van der Waals surface area contributed by atoms with Crippen molar-refractivity contribution < 1.29 is 4.79 Å². The normalized spacial score (nSPS) is 12.8. The van der Waals surface area contributed by atoms with Gasteiger partial charge < -0.3 is 10.6 Å². The highest BCUT2D eigenvalue weighted by Crippen LogP contribution is 2.08. The van der Waals surface area contributed by atoms with Gasteiger partial charge in [0.05, 0.1) is 11.9 Å². The summed E-state index contributed by atoms with van der Waals surface area (Å²) in [6.45, 7) is 6.77. The van der Waals surface area contributed by atoms with Crippen molar-refractivity contribution in [3.05, 3.63) is 11.9 Å². The average molecular weight is 239 g/mol. The second kappa shape index (κ2) is 5.77. The molecule has 1 aromatic heterocycles. The molecule has 1 amide bonds. The Morgan fingerprint density at radius 2 is 2.18 bits per heavy atom.